The Morgan fingerprint density at radius 3 is 2.83 bits per heavy atom. The molecule has 130 valence electrons. The van der Waals surface area contributed by atoms with Gasteiger partial charge in [0.15, 0.2) is 0 Å². The number of nitrogens with two attached hydrogens (primary N) is 1. The van der Waals surface area contributed by atoms with Crippen molar-refractivity contribution in [2.24, 2.45) is 17.8 Å². The van der Waals surface area contributed by atoms with Gasteiger partial charge in [0.05, 0.1) is 22.9 Å². The van der Waals surface area contributed by atoms with E-state index >= 15 is 0 Å². The van der Waals surface area contributed by atoms with E-state index < -0.39 is 0 Å². The summed E-state index contributed by atoms with van der Waals surface area (Å²) >= 11 is 6.17. The number of anilines is 1. The van der Waals surface area contributed by atoms with Gasteiger partial charge in [-0.25, -0.2) is 0 Å². The van der Waals surface area contributed by atoms with E-state index in [4.69, 9.17) is 22.1 Å². The molecule has 24 heavy (non-hydrogen) atoms. The molecule has 3 aliphatic rings. The number of carbonyl (C=O) groups excluding carboxylic acids is 1. The summed E-state index contributed by atoms with van der Waals surface area (Å²) in [5.74, 6) is 2.59. The van der Waals surface area contributed by atoms with Crippen molar-refractivity contribution in [1.82, 2.24) is 10.2 Å². The maximum absolute atomic E-state index is 12.6. The molecule has 0 aromatic heterocycles. The normalized spacial score (nSPS) is 27.8. The molecule has 1 aliphatic carbocycles. The molecule has 2 atom stereocenters. The number of carbonyl (C=O) groups is 1. The van der Waals surface area contributed by atoms with Gasteiger partial charge >= 0.3 is 0 Å². The van der Waals surface area contributed by atoms with Crippen molar-refractivity contribution in [2.75, 3.05) is 32.0 Å². The summed E-state index contributed by atoms with van der Waals surface area (Å²) in [7, 11) is 0. The fourth-order valence-electron chi connectivity index (χ4n) is 4.25. The zero-order valence-corrected chi connectivity index (χ0v) is 14.9. The van der Waals surface area contributed by atoms with Gasteiger partial charge in [0.25, 0.3) is 5.91 Å². The second-order valence-corrected chi connectivity index (χ2v) is 7.88. The van der Waals surface area contributed by atoms with Crippen LogP contribution in [0.1, 0.15) is 29.8 Å². The largest absolute Gasteiger partial charge is 0.492 e. The van der Waals surface area contributed by atoms with Crippen LogP contribution in [0, 0.1) is 17.8 Å². The fraction of sp³-hybridized carbons (Fsp3) is 0.611. The molecule has 2 aliphatic heterocycles. The minimum absolute atomic E-state index is 0.110. The number of halogens is 1. The lowest BCUT2D eigenvalue weighted by atomic mass is 10.0. The first-order valence-corrected chi connectivity index (χ1v) is 9.11. The predicted molar refractivity (Wildman–Crippen MR) is 94.6 cm³/mol. The average Bonchev–Trinajstić information content (AvgIpc) is 2.97. The molecule has 2 fully saturated rings. The molecule has 1 saturated heterocycles. The number of benzene rings is 1. The number of piperidine rings is 1. The number of rotatable bonds is 4. The minimum Gasteiger partial charge on any atom is -0.492 e. The Morgan fingerprint density at radius 2 is 2.17 bits per heavy atom. The number of amides is 1. The smallest absolute Gasteiger partial charge is 0.255 e. The molecule has 5 nitrogen and oxygen atoms in total. The van der Waals surface area contributed by atoms with Crippen LogP contribution in [0.2, 0.25) is 5.02 Å². The second kappa shape index (κ2) is 5.81. The van der Waals surface area contributed by atoms with Crippen LogP contribution in [0.25, 0.3) is 0 Å². The molecule has 1 amide bonds. The van der Waals surface area contributed by atoms with Crippen LogP contribution in [-0.4, -0.2) is 43.1 Å². The highest BCUT2D eigenvalue weighted by Gasteiger charge is 2.55. The maximum atomic E-state index is 12.6. The highest BCUT2D eigenvalue weighted by molar-refractivity contribution is 6.33. The van der Waals surface area contributed by atoms with Crippen molar-refractivity contribution < 1.29 is 9.53 Å². The monoisotopic (exact) mass is 349 g/mol. The Morgan fingerprint density at radius 1 is 1.46 bits per heavy atom. The maximum Gasteiger partial charge on any atom is 0.255 e. The van der Waals surface area contributed by atoms with Crippen LogP contribution in [0.4, 0.5) is 5.69 Å². The first-order valence-electron chi connectivity index (χ1n) is 8.73. The Balaban J connectivity index is 1.39. The van der Waals surface area contributed by atoms with Crippen molar-refractivity contribution in [2.45, 2.75) is 26.3 Å². The van der Waals surface area contributed by atoms with E-state index in [1.807, 2.05) is 0 Å². The zero-order chi connectivity index (χ0) is 17.0. The van der Waals surface area contributed by atoms with Crippen LogP contribution in [-0.2, 0) is 6.42 Å². The Kier molecular flexibility index (Phi) is 3.88. The van der Waals surface area contributed by atoms with E-state index in [-0.39, 0.29) is 5.91 Å². The van der Waals surface area contributed by atoms with Gasteiger partial charge in [-0.15, -0.1) is 0 Å². The van der Waals surface area contributed by atoms with E-state index in [2.05, 4.69) is 24.1 Å². The van der Waals surface area contributed by atoms with E-state index in [1.165, 1.54) is 0 Å². The van der Waals surface area contributed by atoms with Crippen molar-refractivity contribution in [3.05, 3.63) is 22.2 Å². The van der Waals surface area contributed by atoms with E-state index in [1.54, 1.807) is 6.07 Å². The molecule has 0 bridgehead atoms. The van der Waals surface area contributed by atoms with Crippen LogP contribution >= 0.6 is 11.6 Å². The van der Waals surface area contributed by atoms with Crippen LogP contribution in [0.3, 0.4) is 0 Å². The number of nitrogens with zero attached hydrogens (tertiary/aromatic N) is 1. The molecule has 1 aromatic carbocycles. The highest BCUT2D eigenvalue weighted by atomic mass is 35.5. The van der Waals surface area contributed by atoms with Gasteiger partial charge < -0.3 is 20.7 Å². The molecule has 1 aromatic rings. The Labute approximate surface area is 147 Å². The summed E-state index contributed by atoms with van der Waals surface area (Å²) in [6.45, 7) is 8.10. The molecule has 6 heteroatoms. The number of ether oxygens (including phenoxy) is 1. The molecule has 2 unspecified atom stereocenters. The second-order valence-electron chi connectivity index (χ2n) is 7.48. The third-order valence-corrected chi connectivity index (χ3v) is 6.16. The Hall–Kier alpha value is -1.46. The van der Waals surface area contributed by atoms with Gasteiger partial charge in [0.1, 0.15) is 5.75 Å². The molecule has 2 heterocycles. The first-order chi connectivity index (χ1) is 11.5. The van der Waals surface area contributed by atoms with Gasteiger partial charge in [-0.05, 0) is 37.7 Å². The van der Waals surface area contributed by atoms with Gasteiger partial charge in [-0.3, -0.25) is 4.79 Å². The molecule has 4 rings (SSSR count). The minimum atomic E-state index is -0.110. The summed E-state index contributed by atoms with van der Waals surface area (Å²) in [5.41, 5.74) is 7.89. The standard InChI is InChI=1S/C18H24ClN3O2/c1-9(2)22-7-13-12(14(13)8-22)6-21-18(23)11-5-15(19)16(20)10-3-4-24-17(10)11/h5,9,12-14H,3-4,6-8,20H2,1-2H3,(H,21,23). The predicted octanol–water partition coefficient (Wildman–Crippen LogP) is 2.17. The summed E-state index contributed by atoms with van der Waals surface area (Å²) in [4.78, 5) is 15.1. The van der Waals surface area contributed by atoms with E-state index in [9.17, 15) is 4.79 Å². The van der Waals surface area contributed by atoms with Crippen molar-refractivity contribution >= 4 is 23.2 Å². The highest BCUT2D eigenvalue weighted by Crippen LogP contribution is 2.51. The van der Waals surface area contributed by atoms with Crippen molar-refractivity contribution in [3.63, 3.8) is 0 Å². The summed E-state index contributed by atoms with van der Waals surface area (Å²) in [5, 5.41) is 3.50. The average molecular weight is 350 g/mol. The topological polar surface area (TPSA) is 67.6 Å². The third-order valence-electron chi connectivity index (χ3n) is 5.84. The van der Waals surface area contributed by atoms with Crippen molar-refractivity contribution in [1.29, 1.82) is 0 Å². The quantitative estimate of drug-likeness (QED) is 0.817. The lowest BCUT2D eigenvalue weighted by Crippen LogP contribution is -2.34. The summed E-state index contributed by atoms with van der Waals surface area (Å²) < 4.78 is 5.62. The molecule has 1 saturated carbocycles. The molecular weight excluding hydrogens is 326 g/mol. The number of likely N-dealkylation sites (tertiary alicyclic amines) is 1. The van der Waals surface area contributed by atoms with Gasteiger partial charge in [0, 0.05) is 37.7 Å². The number of nitrogens with one attached hydrogen (secondary N) is 1. The number of fused-ring (bicyclic) bond motifs is 2. The molecular formula is C18H24ClN3O2. The number of hydrogen-bond donors (Lipinski definition) is 2. The van der Waals surface area contributed by atoms with Crippen LogP contribution in [0.5, 0.6) is 5.75 Å². The van der Waals surface area contributed by atoms with E-state index in [0.717, 1.165) is 37.0 Å². The summed E-state index contributed by atoms with van der Waals surface area (Å²) in [6, 6.07) is 2.25. The number of nitrogen functional groups attached to an aromatic ring is 1. The molecule has 0 spiro atoms. The fourth-order valence-corrected chi connectivity index (χ4v) is 4.47. The number of hydrogen-bond acceptors (Lipinski definition) is 4. The van der Waals surface area contributed by atoms with Gasteiger partial charge in [0.2, 0.25) is 0 Å². The van der Waals surface area contributed by atoms with Crippen LogP contribution < -0.4 is 15.8 Å². The summed E-state index contributed by atoms with van der Waals surface area (Å²) in [6.07, 6.45) is 0.708. The van der Waals surface area contributed by atoms with Crippen molar-refractivity contribution in [3.8, 4) is 5.75 Å². The lowest BCUT2D eigenvalue weighted by Gasteiger charge is -2.23. The third kappa shape index (κ3) is 2.54. The SMILES string of the molecule is CC(C)N1CC2C(CNC(=O)c3cc(Cl)c(N)c4c3OCC4)C2C1. The Bertz CT molecular complexity index is 679. The molecule has 3 N–H and O–H groups in total. The lowest BCUT2D eigenvalue weighted by molar-refractivity contribution is 0.0945. The molecule has 0 radical (unpaired) electrons. The zero-order valence-electron chi connectivity index (χ0n) is 14.1. The van der Waals surface area contributed by atoms with Gasteiger partial charge in [-0.1, -0.05) is 11.6 Å². The van der Waals surface area contributed by atoms with Gasteiger partial charge in [-0.2, -0.15) is 0 Å². The van der Waals surface area contributed by atoms with Crippen LogP contribution in [0.15, 0.2) is 6.07 Å². The van der Waals surface area contributed by atoms with E-state index in [0.29, 0.717) is 47.0 Å². The first kappa shape index (κ1) is 16.0.